The number of morpholine rings is 1. The lowest BCUT2D eigenvalue weighted by Crippen LogP contribution is -2.36. The lowest BCUT2D eigenvalue weighted by atomic mass is 10.0. The first-order chi connectivity index (χ1) is 9.24. The molecule has 0 saturated carbocycles. The summed E-state index contributed by atoms with van der Waals surface area (Å²) in [5.41, 5.74) is 1.20. The Bertz CT molecular complexity index is 376. The van der Waals surface area contributed by atoms with Crippen molar-refractivity contribution in [2.24, 2.45) is 0 Å². The molecular weight excluding hydrogens is 258 g/mol. The molecule has 1 aromatic heterocycles. The molecule has 4 nitrogen and oxygen atoms in total. The summed E-state index contributed by atoms with van der Waals surface area (Å²) in [4.78, 5) is 4.33. The average molecular weight is 283 g/mol. The number of thioether (sulfide) groups is 1. The summed E-state index contributed by atoms with van der Waals surface area (Å²) in [6.07, 6.45) is 8.60. The van der Waals surface area contributed by atoms with Gasteiger partial charge in [-0.1, -0.05) is 13.8 Å². The fourth-order valence-corrected chi connectivity index (χ4v) is 3.47. The third kappa shape index (κ3) is 3.33. The van der Waals surface area contributed by atoms with Crippen molar-refractivity contribution in [2.45, 2.75) is 44.1 Å². The van der Waals surface area contributed by atoms with Gasteiger partial charge >= 0.3 is 0 Å². The summed E-state index contributed by atoms with van der Waals surface area (Å²) in [5, 5.41) is 3.38. The van der Waals surface area contributed by atoms with E-state index in [0.29, 0.717) is 4.75 Å². The maximum Gasteiger partial charge on any atom is 0.111 e. The molecule has 1 aromatic rings. The van der Waals surface area contributed by atoms with E-state index in [1.165, 1.54) is 18.5 Å². The van der Waals surface area contributed by atoms with Crippen LogP contribution in [0.3, 0.4) is 0 Å². The summed E-state index contributed by atoms with van der Waals surface area (Å²) in [7, 11) is 0. The standard InChI is InChI=1S/C14H25N3OS/c1-4-14(5-2,19-3)10-17-11-16-8-12(17)13-9-15-6-7-18-13/h8,11,13,15H,4-7,9-10H2,1-3H3. The number of rotatable bonds is 6. The zero-order valence-corrected chi connectivity index (χ0v) is 13.0. The maximum absolute atomic E-state index is 5.85. The van der Waals surface area contributed by atoms with E-state index in [1.807, 2.05) is 24.3 Å². The van der Waals surface area contributed by atoms with E-state index in [4.69, 9.17) is 4.74 Å². The Balaban J connectivity index is 2.14. The highest BCUT2D eigenvalue weighted by Gasteiger charge is 2.28. The van der Waals surface area contributed by atoms with Gasteiger partial charge in [0, 0.05) is 24.4 Å². The number of ether oxygens (including phenoxy) is 1. The molecule has 1 atom stereocenters. The zero-order chi connectivity index (χ0) is 13.7. The van der Waals surface area contributed by atoms with Crippen LogP contribution in [0.4, 0.5) is 0 Å². The summed E-state index contributed by atoms with van der Waals surface area (Å²) < 4.78 is 8.43. The van der Waals surface area contributed by atoms with Crippen molar-refractivity contribution < 1.29 is 4.74 Å². The average Bonchev–Trinajstić information content (AvgIpc) is 2.94. The van der Waals surface area contributed by atoms with Gasteiger partial charge in [-0.15, -0.1) is 0 Å². The minimum atomic E-state index is 0.143. The number of hydrogen-bond acceptors (Lipinski definition) is 4. The van der Waals surface area contributed by atoms with Crippen LogP contribution in [0.1, 0.15) is 38.5 Å². The molecule has 0 aliphatic carbocycles. The van der Waals surface area contributed by atoms with E-state index in [1.54, 1.807) is 0 Å². The molecule has 19 heavy (non-hydrogen) atoms. The van der Waals surface area contributed by atoms with Crippen LogP contribution >= 0.6 is 11.8 Å². The first-order valence-corrected chi connectivity index (χ1v) is 8.34. The van der Waals surface area contributed by atoms with Gasteiger partial charge in [0.25, 0.3) is 0 Å². The van der Waals surface area contributed by atoms with Crippen molar-refractivity contribution >= 4 is 11.8 Å². The van der Waals surface area contributed by atoms with Crippen molar-refractivity contribution in [1.29, 1.82) is 0 Å². The Morgan fingerprint density at radius 1 is 1.53 bits per heavy atom. The van der Waals surface area contributed by atoms with Gasteiger partial charge in [0.2, 0.25) is 0 Å². The van der Waals surface area contributed by atoms with Gasteiger partial charge in [-0.25, -0.2) is 4.98 Å². The number of nitrogens with one attached hydrogen (secondary N) is 1. The second-order valence-corrected chi connectivity index (χ2v) is 6.38. The zero-order valence-electron chi connectivity index (χ0n) is 12.2. The smallest absolute Gasteiger partial charge is 0.111 e. The first kappa shape index (κ1) is 14.9. The molecule has 5 heteroatoms. The summed E-state index contributed by atoms with van der Waals surface area (Å²) >= 11 is 1.97. The monoisotopic (exact) mass is 283 g/mol. The van der Waals surface area contributed by atoms with E-state index in [9.17, 15) is 0 Å². The molecule has 1 aliphatic heterocycles. The molecule has 108 valence electrons. The van der Waals surface area contributed by atoms with Gasteiger partial charge in [0.15, 0.2) is 0 Å². The number of nitrogens with zero attached hydrogens (tertiary/aromatic N) is 2. The van der Waals surface area contributed by atoms with Crippen molar-refractivity contribution in [3.05, 3.63) is 18.2 Å². The SMILES string of the molecule is CCC(CC)(Cn1cncc1C1CNCCO1)SC. The lowest BCUT2D eigenvalue weighted by molar-refractivity contribution is 0.0225. The summed E-state index contributed by atoms with van der Waals surface area (Å²) in [6.45, 7) is 8.17. The van der Waals surface area contributed by atoms with Crippen LogP contribution in [0.2, 0.25) is 0 Å². The van der Waals surface area contributed by atoms with Gasteiger partial charge in [-0.3, -0.25) is 0 Å². The minimum Gasteiger partial charge on any atom is -0.369 e. The Morgan fingerprint density at radius 3 is 2.89 bits per heavy atom. The number of hydrogen-bond donors (Lipinski definition) is 1. The molecule has 1 saturated heterocycles. The Kier molecular flexibility index (Phi) is 5.30. The molecule has 2 rings (SSSR count). The molecule has 0 aromatic carbocycles. The first-order valence-electron chi connectivity index (χ1n) is 7.12. The van der Waals surface area contributed by atoms with Crippen LogP contribution in [-0.4, -0.2) is 40.3 Å². The van der Waals surface area contributed by atoms with Crippen LogP contribution in [0.15, 0.2) is 12.5 Å². The van der Waals surface area contributed by atoms with E-state index >= 15 is 0 Å². The van der Waals surface area contributed by atoms with Crippen molar-refractivity contribution in [3.8, 4) is 0 Å². The lowest BCUT2D eigenvalue weighted by Gasteiger charge is -2.32. The molecule has 1 unspecified atom stereocenters. The topological polar surface area (TPSA) is 39.1 Å². The van der Waals surface area contributed by atoms with E-state index in [-0.39, 0.29) is 6.10 Å². The van der Waals surface area contributed by atoms with Crippen LogP contribution in [-0.2, 0) is 11.3 Å². The third-order valence-corrected chi connectivity index (χ3v) is 5.75. The molecule has 0 radical (unpaired) electrons. The Hall–Kier alpha value is -0.520. The fraction of sp³-hybridized carbons (Fsp3) is 0.786. The van der Waals surface area contributed by atoms with Crippen LogP contribution in [0, 0.1) is 0 Å². The predicted octanol–water partition coefficient (Wildman–Crippen LogP) is 2.47. The molecule has 1 aliphatic rings. The van der Waals surface area contributed by atoms with Gasteiger partial charge in [0.05, 0.1) is 24.8 Å². The molecule has 0 amide bonds. The Labute approximate surface area is 120 Å². The van der Waals surface area contributed by atoms with Gasteiger partial charge in [-0.2, -0.15) is 11.8 Å². The number of imidazole rings is 1. The molecule has 1 N–H and O–H groups in total. The van der Waals surface area contributed by atoms with Gasteiger partial charge < -0.3 is 14.6 Å². The van der Waals surface area contributed by atoms with Crippen LogP contribution in [0.5, 0.6) is 0 Å². The molecular formula is C14H25N3OS. The largest absolute Gasteiger partial charge is 0.369 e. The van der Waals surface area contributed by atoms with Crippen LogP contribution < -0.4 is 5.32 Å². The van der Waals surface area contributed by atoms with Gasteiger partial charge in [0.1, 0.15) is 6.10 Å². The summed E-state index contributed by atoms with van der Waals surface area (Å²) in [6, 6.07) is 0. The highest BCUT2D eigenvalue weighted by atomic mass is 32.2. The quantitative estimate of drug-likeness (QED) is 0.870. The van der Waals surface area contributed by atoms with E-state index in [2.05, 4.69) is 35.0 Å². The number of aromatic nitrogens is 2. The highest BCUT2D eigenvalue weighted by molar-refractivity contribution is 8.00. The predicted molar refractivity (Wildman–Crippen MR) is 80.6 cm³/mol. The van der Waals surface area contributed by atoms with Crippen LogP contribution in [0.25, 0.3) is 0 Å². The van der Waals surface area contributed by atoms with Gasteiger partial charge in [-0.05, 0) is 19.1 Å². The normalized spacial score (nSPS) is 20.7. The highest BCUT2D eigenvalue weighted by Crippen LogP contribution is 2.33. The van der Waals surface area contributed by atoms with E-state index in [0.717, 1.165) is 26.2 Å². The van der Waals surface area contributed by atoms with Crippen molar-refractivity contribution in [1.82, 2.24) is 14.9 Å². The Morgan fingerprint density at radius 2 is 2.32 bits per heavy atom. The molecule has 0 spiro atoms. The second kappa shape index (κ2) is 6.77. The van der Waals surface area contributed by atoms with Crippen molar-refractivity contribution in [3.63, 3.8) is 0 Å². The molecule has 0 bridgehead atoms. The van der Waals surface area contributed by atoms with Crippen molar-refractivity contribution in [2.75, 3.05) is 26.0 Å². The summed E-state index contributed by atoms with van der Waals surface area (Å²) in [5.74, 6) is 0. The molecule has 2 heterocycles. The van der Waals surface area contributed by atoms with E-state index < -0.39 is 0 Å². The maximum atomic E-state index is 5.85. The minimum absolute atomic E-state index is 0.143. The third-order valence-electron chi connectivity index (χ3n) is 4.18. The second-order valence-electron chi connectivity index (χ2n) is 5.10. The fourth-order valence-electron chi connectivity index (χ4n) is 2.62. The molecule has 1 fully saturated rings.